The zero-order valence-electron chi connectivity index (χ0n) is 5.07. The van der Waals surface area contributed by atoms with Crippen molar-refractivity contribution in [2.24, 2.45) is 5.90 Å². The van der Waals surface area contributed by atoms with Crippen molar-refractivity contribution in [2.45, 2.75) is 13.0 Å². The summed E-state index contributed by atoms with van der Waals surface area (Å²) < 4.78 is 0. The summed E-state index contributed by atoms with van der Waals surface area (Å²) in [5, 5.41) is 0. The standard InChI is InChI=1S/C5H8N2OS/c1-4(8-6)5-2-7-3-9-5/h2-4H,6H2,1H3. The number of thiazole rings is 1. The van der Waals surface area contributed by atoms with E-state index in [1.54, 1.807) is 11.7 Å². The Morgan fingerprint density at radius 1 is 1.89 bits per heavy atom. The molecule has 1 aromatic heterocycles. The molecule has 1 rings (SSSR count). The predicted molar refractivity (Wildman–Crippen MR) is 35.8 cm³/mol. The second kappa shape index (κ2) is 2.91. The molecule has 0 saturated carbocycles. The topological polar surface area (TPSA) is 48.1 Å². The molecule has 3 nitrogen and oxygen atoms in total. The van der Waals surface area contributed by atoms with Crippen molar-refractivity contribution in [3.8, 4) is 0 Å². The van der Waals surface area contributed by atoms with Crippen molar-refractivity contribution in [1.82, 2.24) is 4.98 Å². The maximum atomic E-state index is 4.94. The molecule has 0 aliphatic rings. The molecule has 1 unspecified atom stereocenters. The molecule has 1 atom stereocenters. The average molecular weight is 144 g/mol. The van der Waals surface area contributed by atoms with Gasteiger partial charge in [0.25, 0.3) is 0 Å². The minimum atomic E-state index is -0.0301. The lowest BCUT2D eigenvalue weighted by atomic mass is 10.4. The van der Waals surface area contributed by atoms with Crippen LogP contribution in [0.15, 0.2) is 11.7 Å². The summed E-state index contributed by atoms with van der Waals surface area (Å²) in [5.74, 6) is 4.94. The molecule has 50 valence electrons. The molecule has 0 aliphatic carbocycles. The van der Waals surface area contributed by atoms with E-state index in [4.69, 9.17) is 5.90 Å². The number of aromatic nitrogens is 1. The van der Waals surface area contributed by atoms with E-state index in [1.807, 2.05) is 6.92 Å². The van der Waals surface area contributed by atoms with E-state index in [1.165, 1.54) is 11.3 Å². The van der Waals surface area contributed by atoms with Crippen molar-refractivity contribution in [1.29, 1.82) is 0 Å². The zero-order chi connectivity index (χ0) is 6.69. The summed E-state index contributed by atoms with van der Waals surface area (Å²) in [6, 6.07) is 0. The van der Waals surface area contributed by atoms with Gasteiger partial charge in [-0.3, -0.25) is 9.82 Å². The van der Waals surface area contributed by atoms with Gasteiger partial charge in [-0.2, -0.15) is 0 Å². The molecule has 9 heavy (non-hydrogen) atoms. The smallest absolute Gasteiger partial charge is 0.112 e. The fourth-order valence-corrected chi connectivity index (χ4v) is 1.11. The third-order valence-corrected chi connectivity index (χ3v) is 1.99. The molecule has 0 radical (unpaired) electrons. The van der Waals surface area contributed by atoms with E-state index in [2.05, 4.69) is 9.82 Å². The molecule has 4 heteroatoms. The van der Waals surface area contributed by atoms with Gasteiger partial charge in [0.2, 0.25) is 0 Å². The first kappa shape index (κ1) is 6.67. The summed E-state index contributed by atoms with van der Waals surface area (Å²) in [7, 11) is 0. The van der Waals surface area contributed by atoms with E-state index in [-0.39, 0.29) is 6.10 Å². The van der Waals surface area contributed by atoms with Gasteiger partial charge in [0.15, 0.2) is 0 Å². The summed E-state index contributed by atoms with van der Waals surface area (Å²) in [6.07, 6.45) is 1.72. The van der Waals surface area contributed by atoms with Crippen molar-refractivity contribution in [3.05, 3.63) is 16.6 Å². The lowest BCUT2D eigenvalue weighted by Gasteiger charge is -2.02. The molecular weight excluding hydrogens is 136 g/mol. The monoisotopic (exact) mass is 144 g/mol. The Hall–Kier alpha value is -0.450. The minimum Gasteiger partial charge on any atom is -0.296 e. The Labute approximate surface area is 57.4 Å². The highest BCUT2D eigenvalue weighted by Crippen LogP contribution is 2.17. The van der Waals surface area contributed by atoms with E-state index < -0.39 is 0 Å². The maximum absolute atomic E-state index is 4.94. The molecule has 1 aromatic rings. The first-order valence-corrected chi connectivity index (χ1v) is 3.46. The molecule has 0 saturated heterocycles. The van der Waals surface area contributed by atoms with Gasteiger partial charge >= 0.3 is 0 Å². The molecule has 0 amide bonds. The minimum absolute atomic E-state index is 0.0301. The van der Waals surface area contributed by atoms with Crippen LogP contribution < -0.4 is 5.90 Å². The van der Waals surface area contributed by atoms with Gasteiger partial charge in [0.05, 0.1) is 10.4 Å². The normalized spacial score (nSPS) is 13.6. The van der Waals surface area contributed by atoms with Crippen LogP contribution in [0, 0.1) is 0 Å². The van der Waals surface area contributed by atoms with Gasteiger partial charge in [-0.05, 0) is 6.92 Å². The van der Waals surface area contributed by atoms with Crippen LogP contribution in [0.5, 0.6) is 0 Å². The van der Waals surface area contributed by atoms with Crippen LogP contribution in [0.25, 0.3) is 0 Å². The van der Waals surface area contributed by atoms with Crippen LogP contribution in [0.3, 0.4) is 0 Å². The number of hydrogen-bond acceptors (Lipinski definition) is 4. The Morgan fingerprint density at radius 2 is 2.67 bits per heavy atom. The van der Waals surface area contributed by atoms with Crippen LogP contribution >= 0.6 is 11.3 Å². The molecule has 0 aliphatic heterocycles. The van der Waals surface area contributed by atoms with Gasteiger partial charge in [0.1, 0.15) is 6.10 Å². The Balaban J connectivity index is 2.65. The Bertz CT molecular complexity index is 163. The fraction of sp³-hybridized carbons (Fsp3) is 0.400. The van der Waals surface area contributed by atoms with Crippen molar-refractivity contribution < 1.29 is 4.84 Å². The SMILES string of the molecule is CC(ON)c1cncs1. The highest BCUT2D eigenvalue weighted by atomic mass is 32.1. The van der Waals surface area contributed by atoms with E-state index in [9.17, 15) is 0 Å². The predicted octanol–water partition coefficient (Wildman–Crippen LogP) is 1.09. The van der Waals surface area contributed by atoms with Crippen molar-refractivity contribution in [3.63, 3.8) is 0 Å². The number of nitrogens with two attached hydrogens (primary N) is 1. The summed E-state index contributed by atoms with van der Waals surface area (Å²) in [6.45, 7) is 1.88. The lowest BCUT2D eigenvalue weighted by Crippen LogP contribution is -2.03. The van der Waals surface area contributed by atoms with Crippen molar-refractivity contribution in [2.75, 3.05) is 0 Å². The largest absolute Gasteiger partial charge is 0.296 e. The molecule has 0 fully saturated rings. The van der Waals surface area contributed by atoms with E-state index in [0.717, 1.165) is 4.88 Å². The molecule has 1 heterocycles. The van der Waals surface area contributed by atoms with Crippen LogP contribution in [0.2, 0.25) is 0 Å². The lowest BCUT2D eigenvalue weighted by molar-refractivity contribution is 0.0687. The quantitative estimate of drug-likeness (QED) is 0.632. The van der Waals surface area contributed by atoms with Crippen LogP contribution in [0.4, 0.5) is 0 Å². The molecule has 0 spiro atoms. The molecular formula is C5H8N2OS. The van der Waals surface area contributed by atoms with E-state index in [0.29, 0.717) is 0 Å². The van der Waals surface area contributed by atoms with Crippen molar-refractivity contribution >= 4 is 11.3 Å². The number of nitrogens with zero attached hydrogens (tertiary/aromatic N) is 1. The van der Waals surface area contributed by atoms with Crippen LogP contribution in [-0.2, 0) is 4.84 Å². The van der Waals surface area contributed by atoms with E-state index >= 15 is 0 Å². The first-order valence-electron chi connectivity index (χ1n) is 2.58. The summed E-state index contributed by atoms with van der Waals surface area (Å²) in [5.41, 5.74) is 1.75. The highest BCUT2D eigenvalue weighted by Gasteiger charge is 2.03. The highest BCUT2D eigenvalue weighted by molar-refractivity contribution is 7.09. The Kier molecular flexibility index (Phi) is 2.16. The zero-order valence-corrected chi connectivity index (χ0v) is 5.89. The molecule has 0 aromatic carbocycles. The van der Waals surface area contributed by atoms with Crippen LogP contribution in [0.1, 0.15) is 17.9 Å². The summed E-state index contributed by atoms with van der Waals surface area (Å²) in [4.78, 5) is 9.49. The van der Waals surface area contributed by atoms with Gasteiger partial charge in [-0.25, -0.2) is 5.90 Å². The van der Waals surface area contributed by atoms with Gasteiger partial charge in [0, 0.05) is 6.20 Å². The summed E-state index contributed by atoms with van der Waals surface area (Å²) >= 11 is 1.54. The van der Waals surface area contributed by atoms with Gasteiger partial charge in [-0.1, -0.05) is 0 Å². The van der Waals surface area contributed by atoms with Crippen LogP contribution in [-0.4, -0.2) is 4.98 Å². The number of hydrogen-bond donors (Lipinski definition) is 1. The second-order valence-electron chi connectivity index (χ2n) is 1.68. The molecule has 2 N–H and O–H groups in total. The Morgan fingerprint density at radius 3 is 3.11 bits per heavy atom. The second-order valence-corrected chi connectivity index (χ2v) is 2.60. The van der Waals surface area contributed by atoms with Gasteiger partial charge in [-0.15, -0.1) is 11.3 Å². The fourth-order valence-electron chi connectivity index (χ4n) is 0.493. The number of rotatable bonds is 2. The first-order chi connectivity index (χ1) is 4.34. The maximum Gasteiger partial charge on any atom is 0.112 e. The third-order valence-electron chi connectivity index (χ3n) is 1.06. The average Bonchev–Trinajstić information content (AvgIpc) is 2.37. The third kappa shape index (κ3) is 1.48. The molecule has 0 bridgehead atoms. The van der Waals surface area contributed by atoms with Gasteiger partial charge < -0.3 is 0 Å².